The van der Waals surface area contributed by atoms with Gasteiger partial charge in [0.15, 0.2) is 0 Å². The average Bonchev–Trinajstić information content (AvgIpc) is 2.89. The minimum atomic E-state index is -3.91. The van der Waals surface area contributed by atoms with Gasteiger partial charge in [-0.05, 0) is 30.5 Å². The molecule has 0 saturated carbocycles. The number of ether oxygens (including phenoxy) is 1. The summed E-state index contributed by atoms with van der Waals surface area (Å²) in [4.78, 5) is 10.1. The molecule has 1 aliphatic rings. The fourth-order valence-electron chi connectivity index (χ4n) is 3.11. The van der Waals surface area contributed by atoms with Crippen molar-refractivity contribution in [1.82, 2.24) is 4.31 Å². The van der Waals surface area contributed by atoms with E-state index in [9.17, 15) is 23.6 Å². The van der Waals surface area contributed by atoms with E-state index in [1.54, 1.807) is 0 Å². The zero-order valence-electron chi connectivity index (χ0n) is 15.2. The van der Waals surface area contributed by atoms with Crippen molar-refractivity contribution in [3.05, 3.63) is 70.3 Å². The zero-order chi connectivity index (χ0) is 20.1. The quantitative estimate of drug-likeness (QED) is 0.582. The SMILES string of the molecule is O=[N+]([O-])c1ccc(S(=O)(=O)N2CC(O)CCC(OCc3ccccc3)C2)cc1. The van der Waals surface area contributed by atoms with Crippen molar-refractivity contribution in [2.24, 2.45) is 0 Å². The van der Waals surface area contributed by atoms with Gasteiger partial charge >= 0.3 is 0 Å². The molecule has 2 aromatic carbocycles. The lowest BCUT2D eigenvalue weighted by atomic mass is 10.1. The summed E-state index contributed by atoms with van der Waals surface area (Å²) >= 11 is 0. The van der Waals surface area contributed by atoms with E-state index in [1.807, 2.05) is 30.3 Å². The predicted octanol–water partition coefficient (Wildman–Crippen LogP) is 2.33. The first kappa shape index (κ1) is 20.4. The third-order valence-electron chi connectivity index (χ3n) is 4.66. The predicted molar refractivity (Wildman–Crippen MR) is 102 cm³/mol. The molecule has 3 rings (SSSR count). The van der Waals surface area contributed by atoms with Gasteiger partial charge < -0.3 is 9.84 Å². The normalized spacial score (nSPS) is 21.2. The molecule has 1 fully saturated rings. The highest BCUT2D eigenvalue weighted by molar-refractivity contribution is 7.89. The van der Waals surface area contributed by atoms with Gasteiger partial charge in [-0.15, -0.1) is 0 Å². The molecular formula is C19H22N2O6S. The van der Waals surface area contributed by atoms with Crippen LogP contribution in [0, 0.1) is 10.1 Å². The first-order valence-corrected chi connectivity index (χ1v) is 10.4. The van der Waals surface area contributed by atoms with Crippen LogP contribution in [0.5, 0.6) is 0 Å². The van der Waals surface area contributed by atoms with Crippen LogP contribution in [0.2, 0.25) is 0 Å². The molecule has 9 heteroatoms. The summed E-state index contributed by atoms with van der Waals surface area (Å²) in [5.74, 6) is 0. The van der Waals surface area contributed by atoms with E-state index in [0.29, 0.717) is 19.4 Å². The Balaban J connectivity index is 1.75. The van der Waals surface area contributed by atoms with E-state index in [2.05, 4.69) is 0 Å². The van der Waals surface area contributed by atoms with Gasteiger partial charge in [-0.2, -0.15) is 4.31 Å². The molecule has 1 saturated heterocycles. The lowest BCUT2D eigenvalue weighted by molar-refractivity contribution is -0.384. The fourth-order valence-corrected chi connectivity index (χ4v) is 4.62. The number of nitrogens with zero attached hydrogens (tertiary/aromatic N) is 2. The summed E-state index contributed by atoms with van der Waals surface area (Å²) in [7, 11) is -3.91. The van der Waals surface area contributed by atoms with Crippen LogP contribution < -0.4 is 0 Å². The second kappa shape index (κ2) is 8.78. The number of sulfonamides is 1. The molecule has 0 radical (unpaired) electrons. The molecule has 8 nitrogen and oxygen atoms in total. The first-order valence-electron chi connectivity index (χ1n) is 8.94. The molecule has 1 heterocycles. The van der Waals surface area contributed by atoms with E-state index in [-0.39, 0.29) is 29.8 Å². The van der Waals surface area contributed by atoms with Gasteiger partial charge in [-0.1, -0.05) is 30.3 Å². The highest BCUT2D eigenvalue weighted by Crippen LogP contribution is 2.24. The Morgan fingerprint density at radius 2 is 1.75 bits per heavy atom. The van der Waals surface area contributed by atoms with Crippen LogP contribution >= 0.6 is 0 Å². The monoisotopic (exact) mass is 406 g/mol. The highest BCUT2D eigenvalue weighted by Gasteiger charge is 2.32. The molecule has 2 aromatic rings. The second-order valence-corrected chi connectivity index (χ2v) is 8.66. The Bertz CT molecular complexity index is 902. The second-order valence-electron chi connectivity index (χ2n) is 6.72. The Kier molecular flexibility index (Phi) is 6.40. The minimum absolute atomic E-state index is 0.0372. The summed E-state index contributed by atoms with van der Waals surface area (Å²) in [6, 6.07) is 14.3. The number of nitro benzene ring substituents is 1. The molecule has 1 N–H and O–H groups in total. The van der Waals surface area contributed by atoms with Crippen LogP contribution in [0.3, 0.4) is 0 Å². The summed E-state index contributed by atoms with van der Waals surface area (Å²) in [5, 5.41) is 20.9. The van der Waals surface area contributed by atoms with Crippen molar-refractivity contribution in [2.75, 3.05) is 13.1 Å². The molecule has 2 atom stereocenters. The van der Waals surface area contributed by atoms with E-state index < -0.39 is 21.1 Å². The summed E-state index contributed by atoms with van der Waals surface area (Å²) in [6.07, 6.45) is -0.172. The molecule has 150 valence electrons. The lowest BCUT2D eigenvalue weighted by Crippen LogP contribution is -2.39. The number of nitro groups is 1. The molecule has 0 bridgehead atoms. The standard InChI is InChI=1S/C19H22N2O6S/c22-17-8-9-18(27-14-15-4-2-1-3-5-15)13-20(12-17)28(25,26)19-10-6-16(7-11-19)21(23)24/h1-7,10-11,17-18,22H,8-9,12-14H2. The smallest absolute Gasteiger partial charge is 0.269 e. The molecule has 0 aliphatic carbocycles. The minimum Gasteiger partial charge on any atom is -0.392 e. The largest absolute Gasteiger partial charge is 0.392 e. The number of aliphatic hydroxyl groups is 1. The van der Waals surface area contributed by atoms with Crippen molar-refractivity contribution < 1.29 is 23.2 Å². The van der Waals surface area contributed by atoms with Gasteiger partial charge in [0.1, 0.15) is 0 Å². The number of hydrogen-bond acceptors (Lipinski definition) is 6. The van der Waals surface area contributed by atoms with E-state index in [4.69, 9.17) is 4.74 Å². The van der Waals surface area contributed by atoms with Gasteiger partial charge in [0.05, 0.1) is 28.6 Å². The lowest BCUT2D eigenvalue weighted by Gasteiger charge is -2.24. The summed E-state index contributed by atoms with van der Waals surface area (Å²) < 4.78 is 33.1. The van der Waals surface area contributed by atoms with Crippen LogP contribution in [-0.2, 0) is 21.4 Å². The Labute approximate surface area is 163 Å². The topological polar surface area (TPSA) is 110 Å². The van der Waals surface area contributed by atoms with Gasteiger partial charge in [0.25, 0.3) is 5.69 Å². The molecule has 28 heavy (non-hydrogen) atoms. The zero-order valence-corrected chi connectivity index (χ0v) is 16.0. The maximum Gasteiger partial charge on any atom is 0.269 e. The molecular weight excluding hydrogens is 384 g/mol. The summed E-state index contributed by atoms with van der Waals surface area (Å²) in [5.41, 5.74) is 0.802. The van der Waals surface area contributed by atoms with E-state index in [1.165, 1.54) is 16.4 Å². The van der Waals surface area contributed by atoms with Crippen LogP contribution in [-0.4, -0.2) is 48.1 Å². The Morgan fingerprint density at radius 1 is 1.07 bits per heavy atom. The Hall–Kier alpha value is -2.33. The number of β-amino-alcohol motifs (C(OH)–C–C–N with tert-alkyl or cyclic N) is 1. The number of non-ortho nitro benzene ring substituents is 1. The molecule has 0 spiro atoms. The van der Waals surface area contributed by atoms with Gasteiger partial charge in [-0.3, -0.25) is 10.1 Å². The van der Waals surface area contributed by atoms with Crippen molar-refractivity contribution in [3.8, 4) is 0 Å². The third-order valence-corrected chi connectivity index (χ3v) is 6.50. The van der Waals surface area contributed by atoms with Crippen LogP contribution in [0.25, 0.3) is 0 Å². The van der Waals surface area contributed by atoms with Gasteiger partial charge in [0.2, 0.25) is 10.0 Å². The Morgan fingerprint density at radius 3 is 2.39 bits per heavy atom. The van der Waals surface area contributed by atoms with Gasteiger partial charge in [-0.25, -0.2) is 8.42 Å². The number of benzene rings is 2. The number of aliphatic hydroxyl groups excluding tert-OH is 1. The average molecular weight is 406 g/mol. The van der Waals surface area contributed by atoms with Crippen molar-refractivity contribution in [1.29, 1.82) is 0 Å². The highest BCUT2D eigenvalue weighted by atomic mass is 32.2. The number of rotatable bonds is 6. The van der Waals surface area contributed by atoms with E-state index >= 15 is 0 Å². The van der Waals surface area contributed by atoms with Crippen molar-refractivity contribution in [3.63, 3.8) is 0 Å². The van der Waals surface area contributed by atoms with E-state index in [0.717, 1.165) is 17.7 Å². The maximum absolute atomic E-state index is 13.0. The maximum atomic E-state index is 13.0. The first-order chi connectivity index (χ1) is 13.4. The van der Waals surface area contributed by atoms with Crippen LogP contribution in [0.1, 0.15) is 18.4 Å². The van der Waals surface area contributed by atoms with Crippen LogP contribution in [0.4, 0.5) is 5.69 Å². The molecule has 0 amide bonds. The van der Waals surface area contributed by atoms with Crippen molar-refractivity contribution in [2.45, 2.75) is 36.6 Å². The molecule has 1 aliphatic heterocycles. The fraction of sp³-hybridized carbons (Fsp3) is 0.368. The van der Waals surface area contributed by atoms with Crippen molar-refractivity contribution >= 4 is 15.7 Å². The number of hydrogen-bond donors (Lipinski definition) is 1. The van der Waals surface area contributed by atoms with Gasteiger partial charge in [0, 0.05) is 25.2 Å². The third kappa shape index (κ3) is 4.93. The summed E-state index contributed by atoms with van der Waals surface area (Å²) in [6.45, 7) is 0.431. The molecule has 0 aromatic heterocycles. The van der Waals surface area contributed by atoms with Crippen LogP contribution in [0.15, 0.2) is 59.5 Å². The molecule has 2 unspecified atom stereocenters.